The van der Waals surface area contributed by atoms with E-state index in [4.69, 9.17) is 29.2 Å². The van der Waals surface area contributed by atoms with Gasteiger partial charge in [0.2, 0.25) is 5.88 Å². The Morgan fingerprint density at radius 2 is 1.43 bits per heavy atom. The van der Waals surface area contributed by atoms with Gasteiger partial charge in [-0.25, -0.2) is 4.98 Å². The van der Waals surface area contributed by atoms with Crippen molar-refractivity contribution in [3.8, 4) is 17.0 Å². The van der Waals surface area contributed by atoms with Gasteiger partial charge in [0, 0.05) is 63.5 Å². The maximum absolute atomic E-state index is 8.14. The molecule has 0 radical (unpaired) electrons. The van der Waals surface area contributed by atoms with E-state index in [0.717, 1.165) is 32.9 Å². The number of hydrogen-bond donors (Lipinski definition) is 1. The van der Waals surface area contributed by atoms with E-state index in [-0.39, 0.29) is 0 Å². The van der Waals surface area contributed by atoms with Crippen molar-refractivity contribution < 1.29 is 23.7 Å². The first-order chi connectivity index (χ1) is 18.3. The highest BCUT2D eigenvalue weighted by atomic mass is 16.6. The number of nitrogens with one attached hydrogen (secondary N) is 1. The Kier molecular flexibility index (Phi) is 10.5. The number of ether oxygens (including phenoxy) is 5. The molecular formula is C26H30N6O5. The quantitative estimate of drug-likeness (QED) is 0.0961. The molecule has 1 aromatic carbocycles. The Labute approximate surface area is 214 Å². The normalized spacial score (nSPS) is 11.1. The fourth-order valence-electron chi connectivity index (χ4n) is 3.68. The zero-order valence-electron chi connectivity index (χ0n) is 20.5. The Balaban J connectivity index is 1.06. The summed E-state index contributed by atoms with van der Waals surface area (Å²) in [6, 6.07) is 12.2. The number of pyridine rings is 2. The predicted octanol–water partition coefficient (Wildman–Crippen LogP) is 4.53. The summed E-state index contributed by atoms with van der Waals surface area (Å²) in [5, 5.41) is 5.65. The molecule has 194 valence electrons. The van der Waals surface area contributed by atoms with Crippen molar-refractivity contribution >= 4 is 21.8 Å². The Hall–Kier alpha value is -3.73. The van der Waals surface area contributed by atoms with E-state index in [1.165, 1.54) is 0 Å². The van der Waals surface area contributed by atoms with E-state index < -0.39 is 0 Å². The molecule has 0 atom stereocenters. The minimum Gasteiger partial charge on any atom is -0.475 e. The van der Waals surface area contributed by atoms with Crippen molar-refractivity contribution in [3.63, 3.8) is 0 Å². The van der Waals surface area contributed by atoms with Crippen LogP contribution < -0.4 is 4.74 Å². The maximum Gasteiger partial charge on any atom is 0.213 e. The highest BCUT2D eigenvalue weighted by Crippen LogP contribution is 2.29. The van der Waals surface area contributed by atoms with E-state index in [9.17, 15) is 0 Å². The molecule has 3 aromatic heterocycles. The third-order valence-electron chi connectivity index (χ3n) is 5.46. The minimum atomic E-state index is 0.329. The third-order valence-corrected chi connectivity index (χ3v) is 5.46. The summed E-state index contributed by atoms with van der Waals surface area (Å²) < 4.78 is 27.3. The molecule has 4 aromatic rings. The molecule has 0 amide bonds. The molecule has 0 saturated carbocycles. The number of benzene rings is 1. The first kappa shape index (κ1) is 26.3. The third kappa shape index (κ3) is 8.14. The van der Waals surface area contributed by atoms with Gasteiger partial charge < -0.3 is 28.7 Å². The summed E-state index contributed by atoms with van der Waals surface area (Å²) in [7, 11) is 0. The van der Waals surface area contributed by atoms with E-state index in [2.05, 4.69) is 43.2 Å². The number of rotatable bonds is 17. The number of nitrogens with zero attached hydrogens (tertiary/aromatic N) is 5. The summed E-state index contributed by atoms with van der Waals surface area (Å²) >= 11 is 0. The average molecular weight is 507 g/mol. The topological polar surface area (TPSA) is 136 Å². The zero-order valence-corrected chi connectivity index (χ0v) is 20.5. The van der Waals surface area contributed by atoms with Gasteiger partial charge in [-0.2, -0.15) is 0 Å². The lowest BCUT2D eigenvalue weighted by Crippen LogP contribution is -2.14. The smallest absolute Gasteiger partial charge is 0.213 e. The number of aromatic amines is 1. The SMILES string of the molecule is [N-]=[N+]=NCCOCCOCCOCCOCCOc1ccc(-c2ccc3c(c2)[nH]c2ccncc23)cn1. The molecule has 3 heterocycles. The van der Waals surface area contributed by atoms with Crippen molar-refractivity contribution in [1.82, 2.24) is 15.0 Å². The lowest BCUT2D eigenvalue weighted by Gasteiger charge is -2.08. The fraction of sp³-hybridized carbons (Fsp3) is 0.385. The highest BCUT2D eigenvalue weighted by Gasteiger charge is 2.07. The summed E-state index contributed by atoms with van der Waals surface area (Å²) in [5.41, 5.74) is 12.4. The highest BCUT2D eigenvalue weighted by molar-refractivity contribution is 6.07. The number of hydrogen-bond acceptors (Lipinski definition) is 8. The van der Waals surface area contributed by atoms with Gasteiger partial charge in [0.05, 0.1) is 52.9 Å². The lowest BCUT2D eigenvalue weighted by molar-refractivity contribution is -0.00399. The van der Waals surface area contributed by atoms with Crippen LogP contribution in [-0.2, 0) is 18.9 Å². The first-order valence-corrected chi connectivity index (χ1v) is 12.1. The van der Waals surface area contributed by atoms with Gasteiger partial charge >= 0.3 is 0 Å². The summed E-state index contributed by atoms with van der Waals surface area (Å²) in [5.74, 6) is 0.556. The van der Waals surface area contributed by atoms with Gasteiger partial charge in [-0.1, -0.05) is 17.2 Å². The summed E-state index contributed by atoms with van der Waals surface area (Å²) in [6.07, 6.45) is 5.48. The van der Waals surface area contributed by atoms with Gasteiger partial charge in [0.1, 0.15) is 6.61 Å². The van der Waals surface area contributed by atoms with Crippen LogP contribution in [0.5, 0.6) is 5.88 Å². The molecule has 0 spiro atoms. The van der Waals surface area contributed by atoms with Gasteiger partial charge in [0.15, 0.2) is 0 Å². The van der Waals surface area contributed by atoms with E-state index in [1.54, 1.807) is 6.20 Å². The molecule has 0 aliphatic carbocycles. The lowest BCUT2D eigenvalue weighted by atomic mass is 10.1. The standard InChI is InChI=1S/C26H30N6O5/c27-32-30-7-8-33-9-10-34-11-12-35-13-14-36-15-16-37-26-4-2-21(18-29-26)20-1-3-22-23-19-28-6-5-24(23)31-25(22)17-20/h1-6,17-19,31H,7-16H2. The first-order valence-electron chi connectivity index (χ1n) is 12.1. The van der Waals surface area contributed by atoms with Gasteiger partial charge in [-0.15, -0.1) is 0 Å². The summed E-state index contributed by atoms with van der Waals surface area (Å²) in [6.45, 7) is 4.44. The Morgan fingerprint density at radius 3 is 2.14 bits per heavy atom. The Morgan fingerprint density at radius 1 is 0.730 bits per heavy atom. The second-order valence-corrected chi connectivity index (χ2v) is 7.94. The largest absolute Gasteiger partial charge is 0.475 e. The van der Waals surface area contributed by atoms with Crippen LogP contribution in [0, 0.1) is 0 Å². The van der Waals surface area contributed by atoms with Crippen molar-refractivity contribution in [2.45, 2.75) is 0 Å². The van der Waals surface area contributed by atoms with Crippen molar-refractivity contribution in [2.75, 3.05) is 66.0 Å². The Bertz CT molecular complexity index is 1290. The van der Waals surface area contributed by atoms with Crippen LogP contribution in [-0.4, -0.2) is 81.0 Å². The molecule has 0 fully saturated rings. The second-order valence-electron chi connectivity index (χ2n) is 7.94. The van der Waals surface area contributed by atoms with Crippen LogP contribution in [0.3, 0.4) is 0 Å². The molecule has 37 heavy (non-hydrogen) atoms. The fourth-order valence-corrected chi connectivity index (χ4v) is 3.68. The molecule has 11 nitrogen and oxygen atoms in total. The van der Waals surface area contributed by atoms with Crippen LogP contribution in [0.25, 0.3) is 43.4 Å². The molecule has 0 saturated heterocycles. The number of fused-ring (bicyclic) bond motifs is 3. The predicted molar refractivity (Wildman–Crippen MR) is 140 cm³/mol. The van der Waals surface area contributed by atoms with Crippen LogP contribution in [0.2, 0.25) is 0 Å². The van der Waals surface area contributed by atoms with E-state index >= 15 is 0 Å². The molecule has 0 aliphatic rings. The van der Waals surface area contributed by atoms with Crippen molar-refractivity contribution in [2.24, 2.45) is 5.11 Å². The van der Waals surface area contributed by atoms with Crippen LogP contribution in [0.1, 0.15) is 0 Å². The average Bonchev–Trinajstić information content (AvgIpc) is 3.31. The zero-order chi connectivity index (χ0) is 25.5. The van der Waals surface area contributed by atoms with Crippen LogP contribution >= 0.6 is 0 Å². The molecule has 1 N–H and O–H groups in total. The monoisotopic (exact) mass is 506 g/mol. The number of azide groups is 1. The molecule has 11 heteroatoms. The van der Waals surface area contributed by atoms with E-state index in [0.29, 0.717) is 71.9 Å². The second kappa shape index (κ2) is 14.7. The van der Waals surface area contributed by atoms with Gasteiger partial charge in [0.25, 0.3) is 0 Å². The number of aromatic nitrogens is 3. The molecule has 0 unspecified atom stereocenters. The molecule has 4 rings (SSSR count). The summed E-state index contributed by atoms with van der Waals surface area (Å²) in [4.78, 5) is 14.7. The molecule has 0 aliphatic heterocycles. The molecular weight excluding hydrogens is 476 g/mol. The van der Waals surface area contributed by atoms with Gasteiger partial charge in [-0.05, 0) is 29.3 Å². The van der Waals surface area contributed by atoms with Crippen LogP contribution in [0.4, 0.5) is 0 Å². The number of H-pyrrole nitrogens is 1. The molecule has 0 bridgehead atoms. The van der Waals surface area contributed by atoms with Crippen LogP contribution in [0.15, 0.2) is 60.1 Å². The minimum absolute atomic E-state index is 0.329. The van der Waals surface area contributed by atoms with Crippen molar-refractivity contribution in [1.29, 1.82) is 0 Å². The van der Waals surface area contributed by atoms with Gasteiger partial charge in [-0.3, -0.25) is 4.98 Å². The maximum atomic E-state index is 8.14. The van der Waals surface area contributed by atoms with E-state index in [1.807, 2.05) is 30.6 Å². The van der Waals surface area contributed by atoms with Crippen molar-refractivity contribution in [3.05, 3.63) is 65.4 Å².